The number of hydrogen-bond donors (Lipinski definition) is 2. The van der Waals surface area contributed by atoms with Gasteiger partial charge in [0.1, 0.15) is 0 Å². The lowest BCUT2D eigenvalue weighted by Crippen LogP contribution is -2.45. The molecule has 4 nitrogen and oxygen atoms in total. The van der Waals surface area contributed by atoms with Crippen molar-refractivity contribution in [3.05, 3.63) is 0 Å². The van der Waals surface area contributed by atoms with E-state index in [0.29, 0.717) is 18.0 Å². The maximum atomic E-state index is 12.2. The van der Waals surface area contributed by atoms with Gasteiger partial charge in [0.25, 0.3) is 0 Å². The molecule has 1 aliphatic carbocycles. The number of nitrogens with two attached hydrogens (primary N) is 1. The van der Waals surface area contributed by atoms with Gasteiger partial charge in [0.2, 0.25) is 5.91 Å². The molecule has 3 atom stereocenters. The van der Waals surface area contributed by atoms with Crippen molar-refractivity contribution in [1.29, 1.82) is 0 Å². The van der Waals surface area contributed by atoms with Crippen molar-refractivity contribution < 1.29 is 4.79 Å². The van der Waals surface area contributed by atoms with Gasteiger partial charge < -0.3 is 11.1 Å². The molecule has 1 fully saturated rings. The first kappa shape index (κ1) is 17.4. The molecule has 0 aromatic heterocycles. The van der Waals surface area contributed by atoms with Gasteiger partial charge in [-0.1, -0.05) is 6.92 Å². The molecule has 3 N–H and O–H groups in total. The molecule has 3 unspecified atom stereocenters. The first-order chi connectivity index (χ1) is 9.32. The summed E-state index contributed by atoms with van der Waals surface area (Å²) >= 11 is 0. The molecule has 0 aromatic rings. The molecule has 0 saturated heterocycles. The molecular formula is C16H33N3O. The highest BCUT2D eigenvalue weighted by Gasteiger charge is 2.29. The van der Waals surface area contributed by atoms with Gasteiger partial charge in [-0.15, -0.1) is 0 Å². The lowest BCUT2D eigenvalue weighted by atomic mass is 9.79. The summed E-state index contributed by atoms with van der Waals surface area (Å²) in [7, 11) is 0. The summed E-state index contributed by atoms with van der Waals surface area (Å²) in [4.78, 5) is 14.6. The third-order valence-electron chi connectivity index (χ3n) is 4.60. The van der Waals surface area contributed by atoms with Crippen LogP contribution in [0.5, 0.6) is 0 Å². The zero-order valence-corrected chi connectivity index (χ0v) is 13.9. The van der Waals surface area contributed by atoms with E-state index in [1.54, 1.807) is 0 Å². The van der Waals surface area contributed by atoms with Crippen LogP contribution in [0.1, 0.15) is 53.9 Å². The SMILES string of the molecule is CC1CC(C(=O)NCCN(C(C)C)C(C)C)CCC1N. The minimum Gasteiger partial charge on any atom is -0.355 e. The summed E-state index contributed by atoms with van der Waals surface area (Å²) in [6.45, 7) is 12.6. The van der Waals surface area contributed by atoms with Gasteiger partial charge in [-0.3, -0.25) is 9.69 Å². The zero-order chi connectivity index (χ0) is 15.3. The molecule has 0 aromatic carbocycles. The highest BCUT2D eigenvalue weighted by molar-refractivity contribution is 5.78. The van der Waals surface area contributed by atoms with Crippen molar-refractivity contribution >= 4 is 5.91 Å². The molecule has 1 amide bonds. The Kier molecular flexibility index (Phi) is 6.96. The van der Waals surface area contributed by atoms with E-state index in [2.05, 4.69) is 44.8 Å². The van der Waals surface area contributed by atoms with Gasteiger partial charge >= 0.3 is 0 Å². The average Bonchev–Trinajstić information content (AvgIpc) is 2.36. The lowest BCUT2D eigenvalue weighted by Gasteiger charge is -2.32. The number of nitrogens with zero attached hydrogens (tertiary/aromatic N) is 1. The second-order valence-electron chi connectivity index (χ2n) is 6.87. The van der Waals surface area contributed by atoms with Crippen LogP contribution in [0.15, 0.2) is 0 Å². The van der Waals surface area contributed by atoms with Crippen LogP contribution in [-0.2, 0) is 4.79 Å². The minimum atomic E-state index is 0.163. The fourth-order valence-electron chi connectivity index (χ4n) is 3.22. The van der Waals surface area contributed by atoms with Gasteiger partial charge in [-0.05, 0) is 52.9 Å². The Bertz CT molecular complexity index is 296. The Morgan fingerprint density at radius 3 is 2.35 bits per heavy atom. The van der Waals surface area contributed by atoms with Crippen LogP contribution in [0.3, 0.4) is 0 Å². The number of carbonyl (C=O) groups excluding carboxylic acids is 1. The Morgan fingerprint density at radius 2 is 1.85 bits per heavy atom. The van der Waals surface area contributed by atoms with Gasteiger partial charge in [-0.2, -0.15) is 0 Å². The van der Waals surface area contributed by atoms with Crippen LogP contribution in [0.2, 0.25) is 0 Å². The van der Waals surface area contributed by atoms with Crippen LogP contribution in [-0.4, -0.2) is 42.0 Å². The van der Waals surface area contributed by atoms with E-state index in [9.17, 15) is 4.79 Å². The zero-order valence-electron chi connectivity index (χ0n) is 13.9. The molecule has 1 rings (SSSR count). The quantitative estimate of drug-likeness (QED) is 0.784. The van der Waals surface area contributed by atoms with E-state index in [4.69, 9.17) is 5.73 Å². The van der Waals surface area contributed by atoms with Crippen LogP contribution in [0, 0.1) is 11.8 Å². The first-order valence-corrected chi connectivity index (χ1v) is 8.12. The predicted octanol–water partition coefficient (Wildman–Crippen LogP) is 1.98. The van der Waals surface area contributed by atoms with Crippen molar-refractivity contribution in [3.63, 3.8) is 0 Å². The summed E-state index contributed by atoms with van der Waals surface area (Å²) in [6, 6.07) is 1.30. The Labute approximate surface area is 124 Å². The fraction of sp³-hybridized carbons (Fsp3) is 0.938. The Hall–Kier alpha value is -0.610. The molecule has 0 heterocycles. The van der Waals surface area contributed by atoms with E-state index >= 15 is 0 Å². The number of carbonyl (C=O) groups is 1. The molecular weight excluding hydrogens is 250 g/mol. The van der Waals surface area contributed by atoms with Gasteiger partial charge in [-0.25, -0.2) is 0 Å². The molecule has 4 heteroatoms. The highest BCUT2D eigenvalue weighted by Crippen LogP contribution is 2.27. The molecule has 0 aliphatic heterocycles. The van der Waals surface area contributed by atoms with E-state index in [1.165, 1.54) is 0 Å². The van der Waals surface area contributed by atoms with Gasteiger partial charge in [0.15, 0.2) is 0 Å². The topological polar surface area (TPSA) is 58.4 Å². The Morgan fingerprint density at radius 1 is 1.25 bits per heavy atom. The molecule has 0 bridgehead atoms. The normalized spacial score (nSPS) is 27.4. The van der Waals surface area contributed by atoms with Crippen LogP contribution < -0.4 is 11.1 Å². The van der Waals surface area contributed by atoms with E-state index in [1.807, 2.05) is 0 Å². The molecule has 1 aliphatic rings. The molecule has 20 heavy (non-hydrogen) atoms. The molecule has 0 radical (unpaired) electrons. The summed E-state index contributed by atoms with van der Waals surface area (Å²) in [5, 5.41) is 3.11. The highest BCUT2D eigenvalue weighted by atomic mass is 16.1. The van der Waals surface area contributed by atoms with Crippen LogP contribution >= 0.6 is 0 Å². The smallest absolute Gasteiger partial charge is 0.223 e. The van der Waals surface area contributed by atoms with Gasteiger partial charge in [0.05, 0.1) is 0 Å². The maximum Gasteiger partial charge on any atom is 0.223 e. The molecule has 1 saturated carbocycles. The van der Waals surface area contributed by atoms with Crippen molar-refractivity contribution in [3.8, 4) is 0 Å². The monoisotopic (exact) mass is 283 g/mol. The van der Waals surface area contributed by atoms with Crippen molar-refractivity contribution in [1.82, 2.24) is 10.2 Å². The van der Waals surface area contributed by atoms with E-state index in [0.717, 1.165) is 32.4 Å². The number of amides is 1. The standard InChI is InChI=1S/C16H33N3O/c1-11(2)19(12(3)4)9-8-18-16(20)14-6-7-15(17)13(5)10-14/h11-15H,6-10,17H2,1-5H3,(H,18,20). The molecule has 118 valence electrons. The predicted molar refractivity (Wildman–Crippen MR) is 84.5 cm³/mol. The summed E-state index contributed by atoms with van der Waals surface area (Å²) in [5.74, 6) is 0.842. The number of nitrogens with one attached hydrogen (secondary N) is 1. The molecule has 0 spiro atoms. The number of hydrogen-bond acceptors (Lipinski definition) is 3. The summed E-state index contributed by atoms with van der Waals surface area (Å²) in [6.07, 6.45) is 2.85. The van der Waals surface area contributed by atoms with Crippen molar-refractivity contribution in [2.75, 3.05) is 13.1 Å². The van der Waals surface area contributed by atoms with Crippen molar-refractivity contribution in [2.45, 2.75) is 72.0 Å². The fourth-order valence-corrected chi connectivity index (χ4v) is 3.22. The van der Waals surface area contributed by atoms with Gasteiger partial charge in [0, 0.05) is 37.1 Å². The summed E-state index contributed by atoms with van der Waals surface area (Å²) < 4.78 is 0. The first-order valence-electron chi connectivity index (χ1n) is 8.12. The van der Waals surface area contributed by atoms with Crippen molar-refractivity contribution in [2.24, 2.45) is 17.6 Å². The average molecular weight is 283 g/mol. The van der Waals surface area contributed by atoms with Crippen LogP contribution in [0.4, 0.5) is 0 Å². The summed E-state index contributed by atoms with van der Waals surface area (Å²) in [5.41, 5.74) is 6.01. The van der Waals surface area contributed by atoms with E-state index < -0.39 is 0 Å². The maximum absolute atomic E-state index is 12.2. The number of rotatable bonds is 6. The second-order valence-corrected chi connectivity index (χ2v) is 6.87. The Balaban J connectivity index is 2.33. The lowest BCUT2D eigenvalue weighted by molar-refractivity contribution is -0.126. The van der Waals surface area contributed by atoms with Crippen LogP contribution in [0.25, 0.3) is 0 Å². The van der Waals surface area contributed by atoms with E-state index in [-0.39, 0.29) is 17.9 Å². The largest absolute Gasteiger partial charge is 0.355 e. The minimum absolute atomic E-state index is 0.163. The third-order valence-corrected chi connectivity index (χ3v) is 4.60. The third kappa shape index (κ3) is 5.06. The second kappa shape index (κ2) is 7.99.